The van der Waals surface area contributed by atoms with Crippen LogP contribution >= 0.6 is 0 Å². The fraction of sp³-hybridized carbons (Fsp3) is 0.516. The molecule has 0 fully saturated rings. The summed E-state index contributed by atoms with van der Waals surface area (Å²) in [6.45, 7) is 5.18. The monoisotopic (exact) mass is 666 g/mol. The third kappa shape index (κ3) is 13.1. The third-order valence-corrected chi connectivity index (χ3v) is 6.69. The highest BCUT2D eigenvalue weighted by Crippen LogP contribution is 2.23. The van der Waals surface area contributed by atoms with Crippen molar-refractivity contribution in [3.63, 3.8) is 0 Å². The maximum absolute atomic E-state index is 14.4. The SMILES string of the molecule is Cc1ccc(Nc2c(C(=O)NOCCOC(=O)CNC(=O)CCCC(=O)OCC(O)OC(CO)C(C)C)cc(C)c(=O)n2C)c(F)c1. The van der Waals surface area contributed by atoms with Crippen LogP contribution in [0.15, 0.2) is 29.1 Å². The van der Waals surface area contributed by atoms with E-state index in [4.69, 9.17) is 19.0 Å². The predicted molar refractivity (Wildman–Crippen MR) is 166 cm³/mol. The number of nitrogens with zero attached hydrogens (tertiary/aromatic N) is 1. The van der Waals surface area contributed by atoms with Crippen LogP contribution in [0.3, 0.4) is 0 Å². The standard InChI is InChI=1S/C31H43FN4O11/c1-18(2)24(16-37)47-28(41)17-45-26(39)8-6-7-25(38)33-15-27(40)44-11-12-46-35-30(42)21-14-20(4)31(43)36(5)29(21)34-23-10-9-19(3)13-22(23)32/h9-10,13-14,18,24,28,34,37,41H,6-8,11-12,15-17H2,1-5H3,(H,33,38)(H,35,42). The molecule has 0 saturated heterocycles. The second-order valence-corrected chi connectivity index (χ2v) is 10.9. The number of hydroxylamine groups is 1. The van der Waals surface area contributed by atoms with Crippen molar-refractivity contribution in [2.24, 2.45) is 13.0 Å². The first-order valence-corrected chi connectivity index (χ1v) is 14.9. The summed E-state index contributed by atoms with van der Waals surface area (Å²) in [5.41, 5.74) is 2.82. The average Bonchev–Trinajstić information content (AvgIpc) is 3.02. The molecule has 16 heteroatoms. The minimum atomic E-state index is -1.40. The Morgan fingerprint density at radius 2 is 1.74 bits per heavy atom. The Kier molecular flexibility index (Phi) is 15.9. The number of pyridine rings is 1. The first kappa shape index (κ1) is 38.8. The number of carbonyl (C=O) groups is 4. The lowest BCUT2D eigenvalue weighted by Gasteiger charge is -2.22. The molecule has 2 aromatic rings. The Bertz CT molecular complexity index is 1450. The molecule has 0 spiro atoms. The van der Waals surface area contributed by atoms with E-state index >= 15 is 0 Å². The van der Waals surface area contributed by atoms with Crippen molar-refractivity contribution in [3.05, 3.63) is 57.1 Å². The molecule has 0 bridgehead atoms. The summed E-state index contributed by atoms with van der Waals surface area (Å²) in [4.78, 5) is 66.2. The molecule has 2 unspecified atom stereocenters. The number of amides is 2. The highest BCUT2D eigenvalue weighted by Gasteiger charge is 2.20. The van der Waals surface area contributed by atoms with Gasteiger partial charge in [0.05, 0.1) is 24.0 Å². The van der Waals surface area contributed by atoms with Gasteiger partial charge in [-0.05, 0) is 49.9 Å². The van der Waals surface area contributed by atoms with E-state index in [1.165, 1.54) is 36.7 Å². The Morgan fingerprint density at radius 1 is 1.02 bits per heavy atom. The minimum Gasteiger partial charge on any atom is -0.462 e. The van der Waals surface area contributed by atoms with Crippen LogP contribution in [0.1, 0.15) is 54.6 Å². The molecule has 5 N–H and O–H groups in total. The van der Waals surface area contributed by atoms with Crippen molar-refractivity contribution in [3.8, 4) is 0 Å². The average molecular weight is 667 g/mol. The maximum atomic E-state index is 14.4. The van der Waals surface area contributed by atoms with Crippen molar-refractivity contribution in [2.45, 2.75) is 59.4 Å². The lowest BCUT2D eigenvalue weighted by Crippen LogP contribution is -2.33. The summed E-state index contributed by atoms with van der Waals surface area (Å²) in [6, 6.07) is 5.79. The van der Waals surface area contributed by atoms with Gasteiger partial charge in [-0.1, -0.05) is 19.9 Å². The normalized spacial score (nSPS) is 12.3. The van der Waals surface area contributed by atoms with Crippen LogP contribution in [0.25, 0.3) is 0 Å². The van der Waals surface area contributed by atoms with Crippen molar-refractivity contribution < 1.29 is 52.8 Å². The summed E-state index contributed by atoms with van der Waals surface area (Å²) in [5, 5.41) is 24.1. The van der Waals surface area contributed by atoms with Gasteiger partial charge in [-0.25, -0.2) is 9.87 Å². The lowest BCUT2D eigenvalue weighted by atomic mass is 10.1. The van der Waals surface area contributed by atoms with Crippen LogP contribution in [0.2, 0.25) is 0 Å². The number of carbonyl (C=O) groups excluding carboxylic acids is 4. The number of aliphatic hydroxyl groups excluding tert-OH is 2. The summed E-state index contributed by atoms with van der Waals surface area (Å²) in [7, 11) is 1.43. The van der Waals surface area contributed by atoms with Gasteiger partial charge in [-0.3, -0.25) is 33.4 Å². The number of aromatic nitrogens is 1. The fourth-order valence-corrected chi connectivity index (χ4v) is 4.03. The molecule has 0 radical (unpaired) electrons. The molecule has 0 aliphatic carbocycles. The molecule has 47 heavy (non-hydrogen) atoms. The number of benzene rings is 1. The second-order valence-electron chi connectivity index (χ2n) is 10.9. The van der Waals surface area contributed by atoms with Gasteiger partial charge in [0.2, 0.25) is 5.91 Å². The van der Waals surface area contributed by atoms with Crippen LogP contribution in [0, 0.1) is 25.6 Å². The maximum Gasteiger partial charge on any atom is 0.325 e. The van der Waals surface area contributed by atoms with Gasteiger partial charge in [-0.15, -0.1) is 0 Å². The number of aryl methyl sites for hydroxylation is 2. The zero-order valence-corrected chi connectivity index (χ0v) is 27.1. The van der Waals surface area contributed by atoms with Crippen LogP contribution in [0.5, 0.6) is 0 Å². The topological polar surface area (TPSA) is 204 Å². The van der Waals surface area contributed by atoms with Crippen LogP contribution in [0.4, 0.5) is 15.9 Å². The van der Waals surface area contributed by atoms with Gasteiger partial charge in [-0.2, -0.15) is 0 Å². The highest BCUT2D eigenvalue weighted by atomic mass is 19.1. The number of nitrogens with one attached hydrogen (secondary N) is 3. The number of ether oxygens (including phenoxy) is 3. The summed E-state index contributed by atoms with van der Waals surface area (Å²) in [5.74, 6) is -3.27. The van der Waals surface area contributed by atoms with E-state index < -0.39 is 60.7 Å². The van der Waals surface area contributed by atoms with E-state index in [9.17, 15) is 38.6 Å². The first-order valence-electron chi connectivity index (χ1n) is 14.9. The number of anilines is 2. The smallest absolute Gasteiger partial charge is 0.325 e. The molecule has 1 heterocycles. The van der Waals surface area contributed by atoms with Crippen LogP contribution < -0.4 is 21.7 Å². The van der Waals surface area contributed by atoms with E-state index in [2.05, 4.69) is 16.1 Å². The van der Waals surface area contributed by atoms with E-state index in [1.807, 2.05) is 0 Å². The zero-order valence-electron chi connectivity index (χ0n) is 27.1. The summed E-state index contributed by atoms with van der Waals surface area (Å²) in [6.07, 6.45) is -2.06. The molecular weight excluding hydrogens is 623 g/mol. The van der Waals surface area contributed by atoms with Gasteiger partial charge >= 0.3 is 11.9 Å². The Hall–Kier alpha value is -4.38. The Labute approximate surface area is 271 Å². The molecule has 1 aromatic carbocycles. The number of hydrogen-bond donors (Lipinski definition) is 5. The van der Waals surface area contributed by atoms with Crippen LogP contribution in [-0.2, 0) is 40.5 Å². The molecule has 0 saturated carbocycles. The lowest BCUT2D eigenvalue weighted by molar-refractivity contribution is -0.190. The molecule has 2 amide bonds. The number of aliphatic hydroxyl groups is 2. The number of esters is 2. The fourth-order valence-electron chi connectivity index (χ4n) is 4.03. The first-order chi connectivity index (χ1) is 22.2. The van der Waals surface area contributed by atoms with Gasteiger partial charge in [0.25, 0.3) is 11.5 Å². The van der Waals surface area contributed by atoms with E-state index in [-0.39, 0.29) is 67.6 Å². The number of halogens is 1. The van der Waals surface area contributed by atoms with E-state index in [0.29, 0.717) is 5.56 Å². The van der Waals surface area contributed by atoms with E-state index in [1.54, 1.807) is 26.8 Å². The van der Waals surface area contributed by atoms with Crippen molar-refractivity contribution >= 4 is 35.3 Å². The molecule has 260 valence electrons. The molecular formula is C31H43FN4O11. The second kappa shape index (κ2) is 19.3. The molecule has 0 aliphatic rings. The molecule has 2 atom stereocenters. The van der Waals surface area contributed by atoms with Gasteiger partial charge in [0.1, 0.15) is 38.0 Å². The van der Waals surface area contributed by atoms with E-state index in [0.717, 1.165) is 0 Å². The number of rotatable bonds is 19. The quantitative estimate of drug-likeness (QED) is 0.0623. The Balaban J connectivity index is 1.69. The minimum absolute atomic E-state index is 0.00183. The largest absolute Gasteiger partial charge is 0.462 e. The van der Waals surface area contributed by atoms with Crippen molar-refractivity contribution in [1.82, 2.24) is 15.4 Å². The summed E-state index contributed by atoms with van der Waals surface area (Å²) < 4.78 is 30.7. The predicted octanol–water partition coefficient (Wildman–Crippen LogP) is 1.27. The van der Waals surface area contributed by atoms with Gasteiger partial charge in [0, 0.05) is 25.5 Å². The van der Waals surface area contributed by atoms with Gasteiger partial charge < -0.3 is 35.1 Å². The third-order valence-electron chi connectivity index (χ3n) is 6.69. The molecule has 1 aromatic heterocycles. The Morgan fingerprint density at radius 3 is 2.40 bits per heavy atom. The molecule has 0 aliphatic heterocycles. The number of hydrogen-bond acceptors (Lipinski definition) is 12. The molecule has 15 nitrogen and oxygen atoms in total. The highest BCUT2D eigenvalue weighted by molar-refractivity contribution is 5.99. The van der Waals surface area contributed by atoms with Crippen LogP contribution in [-0.4, -0.2) is 83.9 Å². The molecule has 2 rings (SSSR count). The zero-order chi connectivity index (χ0) is 35.1. The van der Waals surface area contributed by atoms with Crippen molar-refractivity contribution in [1.29, 1.82) is 0 Å². The van der Waals surface area contributed by atoms with Gasteiger partial charge in [0.15, 0.2) is 6.29 Å². The summed E-state index contributed by atoms with van der Waals surface area (Å²) >= 11 is 0. The van der Waals surface area contributed by atoms with Crippen molar-refractivity contribution in [2.75, 3.05) is 38.3 Å².